The molecule has 0 amide bonds. The molecule has 9 heavy (non-hydrogen) atoms. The van der Waals surface area contributed by atoms with Gasteiger partial charge in [-0.25, -0.2) is 0 Å². The van der Waals surface area contributed by atoms with Crippen molar-refractivity contribution in [3.63, 3.8) is 0 Å². The summed E-state index contributed by atoms with van der Waals surface area (Å²) in [5.41, 5.74) is 5.68. The average molecular weight is 129 g/mol. The number of hydrogen-bond acceptors (Lipinski definition) is 1. The molecular weight excluding hydrogens is 110 g/mol. The molecule has 0 saturated heterocycles. The zero-order valence-electron chi connectivity index (χ0n) is 6.85. The lowest BCUT2D eigenvalue weighted by Gasteiger charge is -2.13. The van der Waals surface area contributed by atoms with Crippen LogP contribution in [0.2, 0.25) is 0 Å². The summed E-state index contributed by atoms with van der Waals surface area (Å²) in [5.74, 6) is 0.699. The van der Waals surface area contributed by atoms with Gasteiger partial charge in [0.25, 0.3) is 0 Å². The van der Waals surface area contributed by atoms with E-state index in [4.69, 9.17) is 5.73 Å². The van der Waals surface area contributed by atoms with Crippen LogP contribution in [-0.4, -0.2) is 6.04 Å². The lowest BCUT2D eigenvalue weighted by Crippen LogP contribution is -2.23. The van der Waals surface area contributed by atoms with Crippen molar-refractivity contribution in [1.82, 2.24) is 0 Å². The van der Waals surface area contributed by atoms with Crippen LogP contribution in [0.1, 0.15) is 40.0 Å². The maximum absolute atomic E-state index is 5.68. The van der Waals surface area contributed by atoms with E-state index in [0.29, 0.717) is 12.0 Å². The summed E-state index contributed by atoms with van der Waals surface area (Å²) in [4.78, 5) is 0. The Kier molecular flexibility index (Phi) is 4.78. The molecule has 0 heterocycles. The van der Waals surface area contributed by atoms with Crippen LogP contribution in [0.3, 0.4) is 0 Å². The minimum Gasteiger partial charge on any atom is -0.328 e. The van der Waals surface area contributed by atoms with E-state index in [1.807, 2.05) is 0 Å². The third kappa shape index (κ3) is 4.46. The fraction of sp³-hybridized carbons (Fsp3) is 1.00. The van der Waals surface area contributed by atoms with Crippen LogP contribution in [0.25, 0.3) is 0 Å². The molecule has 0 aliphatic heterocycles. The molecule has 1 nitrogen and oxygen atoms in total. The van der Waals surface area contributed by atoms with Gasteiger partial charge in [0.2, 0.25) is 0 Å². The van der Waals surface area contributed by atoms with E-state index in [1.165, 1.54) is 19.3 Å². The highest BCUT2D eigenvalue weighted by atomic mass is 14.6. The Balaban J connectivity index is 3.16. The van der Waals surface area contributed by atoms with Crippen molar-refractivity contribution in [3.8, 4) is 0 Å². The van der Waals surface area contributed by atoms with E-state index < -0.39 is 0 Å². The van der Waals surface area contributed by atoms with Gasteiger partial charge >= 0.3 is 0 Å². The summed E-state index contributed by atoms with van der Waals surface area (Å²) >= 11 is 0. The summed E-state index contributed by atoms with van der Waals surface area (Å²) in [5, 5.41) is 0. The first-order valence-corrected chi connectivity index (χ1v) is 3.94. The van der Waals surface area contributed by atoms with Gasteiger partial charge in [0.15, 0.2) is 0 Å². The number of hydrogen-bond donors (Lipinski definition) is 1. The van der Waals surface area contributed by atoms with Gasteiger partial charge in [-0.1, -0.05) is 26.7 Å². The van der Waals surface area contributed by atoms with Crippen molar-refractivity contribution < 1.29 is 0 Å². The van der Waals surface area contributed by atoms with Crippen LogP contribution >= 0.6 is 0 Å². The van der Waals surface area contributed by atoms with E-state index in [-0.39, 0.29) is 0 Å². The Morgan fingerprint density at radius 1 is 1.33 bits per heavy atom. The SMILES string of the molecule is CCCCC(C)[C@@H](C)N. The highest BCUT2D eigenvalue weighted by molar-refractivity contribution is 4.62. The molecule has 0 aromatic carbocycles. The van der Waals surface area contributed by atoms with Crippen LogP contribution in [-0.2, 0) is 0 Å². The molecule has 0 bridgehead atoms. The molecule has 0 radical (unpaired) electrons. The molecule has 0 aliphatic carbocycles. The number of rotatable bonds is 4. The number of nitrogens with two attached hydrogens (primary N) is 1. The van der Waals surface area contributed by atoms with E-state index in [1.54, 1.807) is 0 Å². The quantitative estimate of drug-likeness (QED) is 0.618. The van der Waals surface area contributed by atoms with Gasteiger partial charge in [0, 0.05) is 6.04 Å². The summed E-state index contributed by atoms with van der Waals surface area (Å²) in [6.45, 7) is 6.52. The molecule has 0 saturated carbocycles. The van der Waals surface area contributed by atoms with Crippen molar-refractivity contribution in [3.05, 3.63) is 0 Å². The number of unbranched alkanes of at least 4 members (excludes halogenated alkanes) is 1. The van der Waals surface area contributed by atoms with Crippen LogP contribution < -0.4 is 5.73 Å². The van der Waals surface area contributed by atoms with Crippen molar-refractivity contribution in [2.45, 2.75) is 46.1 Å². The largest absolute Gasteiger partial charge is 0.328 e. The molecule has 0 fully saturated rings. The molecule has 0 rings (SSSR count). The molecule has 0 spiro atoms. The van der Waals surface area contributed by atoms with E-state index in [0.717, 1.165) is 0 Å². The smallest absolute Gasteiger partial charge is 0.00361 e. The summed E-state index contributed by atoms with van der Waals surface area (Å²) in [6, 6.07) is 0.372. The van der Waals surface area contributed by atoms with E-state index in [2.05, 4.69) is 20.8 Å². The first-order chi connectivity index (χ1) is 4.18. The fourth-order valence-electron chi connectivity index (χ4n) is 0.789. The first kappa shape index (κ1) is 8.96. The van der Waals surface area contributed by atoms with Crippen molar-refractivity contribution >= 4 is 0 Å². The zero-order chi connectivity index (χ0) is 7.28. The van der Waals surface area contributed by atoms with Gasteiger partial charge < -0.3 is 5.73 Å². The third-order valence-corrected chi connectivity index (χ3v) is 1.91. The Morgan fingerprint density at radius 3 is 2.22 bits per heavy atom. The first-order valence-electron chi connectivity index (χ1n) is 3.94. The van der Waals surface area contributed by atoms with Gasteiger partial charge in [0.1, 0.15) is 0 Å². The van der Waals surface area contributed by atoms with Crippen molar-refractivity contribution in [2.24, 2.45) is 11.7 Å². The molecule has 0 aromatic heterocycles. The summed E-state index contributed by atoms with van der Waals surface area (Å²) < 4.78 is 0. The highest BCUT2D eigenvalue weighted by Crippen LogP contribution is 2.09. The second-order valence-corrected chi connectivity index (χ2v) is 2.98. The maximum Gasteiger partial charge on any atom is 0.00361 e. The fourth-order valence-corrected chi connectivity index (χ4v) is 0.789. The lowest BCUT2D eigenvalue weighted by molar-refractivity contribution is 0.435. The molecule has 0 aromatic rings. The Hall–Kier alpha value is -0.0400. The predicted molar refractivity (Wildman–Crippen MR) is 42.3 cm³/mol. The van der Waals surface area contributed by atoms with Gasteiger partial charge in [-0.2, -0.15) is 0 Å². The van der Waals surface area contributed by atoms with Crippen LogP contribution in [0, 0.1) is 5.92 Å². The predicted octanol–water partition coefficient (Wildman–Crippen LogP) is 2.16. The molecule has 0 aliphatic rings. The minimum atomic E-state index is 0.372. The molecule has 2 N–H and O–H groups in total. The minimum absolute atomic E-state index is 0.372. The maximum atomic E-state index is 5.68. The molecule has 1 unspecified atom stereocenters. The van der Waals surface area contributed by atoms with Crippen molar-refractivity contribution in [1.29, 1.82) is 0 Å². The standard InChI is InChI=1S/C8H19N/c1-4-5-6-7(2)8(3)9/h7-8H,4-6,9H2,1-3H3/t7?,8-/m1/s1. The molecule has 56 valence electrons. The Morgan fingerprint density at radius 2 is 1.89 bits per heavy atom. The lowest BCUT2D eigenvalue weighted by atomic mass is 9.98. The van der Waals surface area contributed by atoms with Gasteiger partial charge in [-0.3, -0.25) is 0 Å². The third-order valence-electron chi connectivity index (χ3n) is 1.91. The monoisotopic (exact) mass is 129 g/mol. The molecule has 1 heteroatoms. The normalized spacial score (nSPS) is 17.3. The van der Waals surface area contributed by atoms with Crippen LogP contribution in [0.4, 0.5) is 0 Å². The van der Waals surface area contributed by atoms with Gasteiger partial charge in [0.05, 0.1) is 0 Å². The van der Waals surface area contributed by atoms with E-state index >= 15 is 0 Å². The second kappa shape index (κ2) is 4.80. The van der Waals surface area contributed by atoms with Gasteiger partial charge in [-0.05, 0) is 19.3 Å². The van der Waals surface area contributed by atoms with Crippen LogP contribution in [0.5, 0.6) is 0 Å². The Bertz CT molecular complexity index is 59.6. The van der Waals surface area contributed by atoms with E-state index in [9.17, 15) is 0 Å². The highest BCUT2D eigenvalue weighted by Gasteiger charge is 2.04. The zero-order valence-corrected chi connectivity index (χ0v) is 6.85. The topological polar surface area (TPSA) is 26.0 Å². The average Bonchev–Trinajstić information content (AvgIpc) is 1.82. The van der Waals surface area contributed by atoms with Gasteiger partial charge in [-0.15, -0.1) is 0 Å². The summed E-state index contributed by atoms with van der Waals surface area (Å²) in [6.07, 6.45) is 3.90. The van der Waals surface area contributed by atoms with Crippen LogP contribution in [0.15, 0.2) is 0 Å². The molecular formula is C8H19N. The Labute approximate surface area is 58.6 Å². The summed E-state index contributed by atoms with van der Waals surface area (Å²) in [7, 11) is 0. The second-order valence-electron chi connectivity index (χ2n) is 2.98. The van der Waals surface area contributed by atoms with Crippen molar-refractivity contribution in [2.75, 3.05) is 0 Å². The molecule has 2 atom stereocenters.